The van der Waals surface area contributed by atoms with Gasteiger partial charge < -0.3 is 9.72 Å². The summed E-state index contributed by atoms with van der Waals surface area (Å²) in [6, 6.07) is 13.2. The van der Waals surface area contributed by atoms with Gasteiger partial charge in [-0.3, -0.25) is 9.59 Å². The highest BCUT2D eigenvalue weighted by Crippen LogP contribution is 2.12. The zero-order valence-corrected chi connectivity index (χ0v) is 14.5. The van der Waals surface area contributed by atoms with E-state index in [9.17, 15) is 9.59 Å². The zero-order valence-electron chi connectivity index (χ0n) is 14.5. The molecule has 0 fully saturated rings. The highest BCUT2D eigenvalue weighted by molar-refractivity contribution is 5.97. The van der Waals surface area contributed by atoms with Crippen LogP contribution in [0.1, 0.15) is 40.2 Å². The summed E-state index contributed by atoms with van der Waals surface area (Å²) in [7, 11) is 0. The molecule has 0 aliphatic heterocycles. The van der Waals surface area contributed by atoms with Crippen LogP contribution in [0.15, 0.2) is 48.7 Å². The van der Waals surface area contributed by atoms with E-state index in [0.29, 0.717) is 12.1 Å². The number of Topliss-reactive ketones (excluding diaryl/α,β-unsaturated/α-hetero) is 1. The number of hydrogen-bond acceptors (Lipinski definition) is 3. The second-order valence-corrected chi connectivity index (χ2v) is 6.14. The summed E-state index contributed by atoms with van der Waals surface area (Å²) < 4.78 is 1.97. The largest absolute Gasteiger partial charge is 0.350 e. The van der Waals surface area contributed by atoms with E-state index in [1.165, 1.54) is 0 Å². The van der Waals surface area contributed by atoms with Crippen molar-refractivity contribution < 1.29 is 9.59 Å². The molecule has 25 heavy (non-hydrogen) atoms. The monoisotopic (exact) mass is 335 g/mol. The van der Waals surface area contributed by atoms with Crippen LogP contribution in [-0.4, -0.2) is 21.1 Å². The van der Waals surface area contributed by atoms with Gasteiger partial charge in [-0.2, -0.15) is 0 Å². The number of nitrogens with zero attached hydrogens (tertiary/aromatic N) is 2. The van der Waals surface area contributed by atoms with E-state index in [1.807, 2.05) is 54.8 Å². The summed E-state index contributed by atoms with van der Waals surface area (Å²) >= 11 is 0. The number of nitrogens with one attached hydrogen (secondary N) is 1. The number of rotatable bonds is 6. The van der Waals surface area contributed by atoms with Gasteiger partial charge in [0.15, 0.2) is 5.78 Å². The molecule has 0 spiro atoms. The first-order valence-corrected chi connectivity index (χ1v) is 8.34. The van der Waals surface area contributed by atoms with Gasteiger partial charge in [0.1, 0.15) is 5.65 Å². The highest BCUT2D eigenvalue weighted by Gasteiger charge is 2.12. The number of pyridine rings is 1. The SMILES string of the molecule is Cc1ccc(C(=O)CCC(=O)NCc2c(C)nc3ccccn23)cc1. The molecule has 2 heterocycles. The second-order valence-electron chi connectivity index (χ2n) is 6.14. The van der Waals surface area contributed by atoms with Gasteiger partial charge in [0.25, 0.3) is 0 Å². The van der Waals surface area contributed by atoms with Crippen LogP contribution in [0.5, 0.6) is 0 Å². The van der Waals surface area contributed by atoms with E-state index in [-0.39, 0.29) is 24.5 Å². The number of carbonyl (C=O) groups excluding carboxylic acids is 2. The third kappa shape index (κ3) is 3.94. The Morgan fingerprint density at radius 3 is 2.56 bits per heavy atom. The molecule has 1 aromatic carbocycles. The lowest BCUT2D eigenvalue weighted by Crippen LogP contribution is -2.24. The Labute approximate surface area is 146 Å². The molecule has 128 valence electrons. The third-order valence-electron chi connectivity index (χ3n) is 4.23. The number of amides is 1. The first-order chi connectivity index (χ1) is 12.0. The first kappa shape index (κ1) is 16.9. The summed E-state index contributed by atoms with van der Waals surface area (Å²) in [6.07, 6.45) is 2.32. The minimum Gasteiger partial charge on any atom is -0.350 e. The summed E-state index contributed by atoms with van der Waals surface area (Å²) in [5.74, 6) is -0.146. The molecule has 0 radical (unpaired) electrons. The van der Waals surface area contributed by atoms with Gasteiger partial charge in [0.05, 0.1) is 17.9 Å². The Hall–Kier alpha value is -2.95. The van der Waals surface area contributed by atoms with Gasteiger partial charge in [-0.25, -0.2) is 4.98 Å². The van der Waals surface area contributed by atoms with Crippen LogP contribution in [-0.2, 0) is 11.3 Å². The van der Waals surface area contributed by atoms with Crippen molar-refractivity contribution in [2.45, 2.75) is 33.2 Å². The van der Waals surface area contributed by atoms with Gasteiger partial charge >= 0.3 is 0 Å². The number of imidazole rings is 1. The molecular weight excluding hydrogens is 314 g/mol. The maximum absolute atomic E-state index is 12.1. The van der Waals surface area contributed by atoms with Crippen molar-refractivity contribution in [1.82, 2.24) is 14.7 Å². The molecule has 0 saturated heterocycles. The van der Waals surface area contributed by atoms with E-state index in [0.717, 1.165) is 22.6 Å². The van der Waals surface area contributed by atoms with Gasteiger partial charge in [-0.1, -0.05) is 35.9 Å². The van der Waals surface area contributed by atoms with Crippen LogP contribution in [0.25, 0.3) is 5.65 Å². The van der Waals surface area contributed by atoms with Crippen molar-refractivity contribution in [1.29, 1.82) is 0 Å². The van der Waals surface area contributed by atoms with Crippen molar-refractivity contribution in [2.24, 2.45) is 0 Å². The van der Waals surface area contributed by atoms with Crippen LogP contribution in [0.4, 0.5) is 0 Å². The Kier molecular flexibility index (Phi) is 4.93. The Morgan fingerprint density at radius 2 is 1.80 bits per heavy atom. The Morgan fingerprint density at radius 1 is 1.04 bits per heavy atom. The van der Waals surface area contributed by atoms with Crippen LogP contribution >= 0.6 is 0 Å². The van der Waals surface area contributed by atoms with Gasteiger partial charge in [0.2, 0.25) is 5.91 Å². The summed E-state index contributed by atoms with van der Waals surface area (Å²) in [5, 5.41) is 2.88. The highest BCUT2D eigenvalue weighted by atomic mass is 16.2. The van der Waals surface area contributed by atoms with Crippen LogP contribution in [0.3, 0.4) is 0 Å². The number of fused-ring (bicyclic) bond motifs is 1. The quantitative estimate of drug-likeness (QED) is 0.704. The number of ketones is 1. The van der Waals surface area contributed by atoms with E-state index in [2.05, 4.69) is 10.3 Å². The number of benzene rings is 1. The Bertz CT molecular complexity index is 910. The Balaban J connectivity index is 1.55. The lowest BCUT2D eigenvalue weighted by atomic mass is 10.1. The van der Waals surface area contributed by atoms with Gasteiger partial charge in [-0.05, 0) is 26.0 Å². The molecule has 0 saturated carbocycles. The maximum Gasteiger partial charge on any atom is 0.220 e. The standard InChI is InChI=1S/C20H21N3O2/c1-14-6-8-16(9-7-14)18(24)10-11-20(25)21-13-17-15(2)22-19-5-3-4-12-23(17)19/h3-9,12H,10-11,13H2,1-2H3,(H,21,25). The molecule has 0 unspecified atom stereocenters. The topological polar surface area (TPSA) is 63.5 Å². The molecule has 3 aromatic rings. The third-order valence-corrected chi connectivity index (χ3v) is 4.23. The predicted octanol–water partition coefficient (Wildman–Crippen LogP) is 3.23. The molecule has 0 atom stereocenters. The minimum atomic E-state index is -0.134. The number of carbonyl (C=O) groups is 2. The molecule has 3 rings (SSSR count). The van der Waals surface area contributed by atoms with E-state index in [1.54, 1.807) is 12.1 Å². The molecule has 5 nitrogen and oxygen atoms in total. The van der Waals surface area contributed by atoms with E-state index < -0.39 is 0 Å². The molecule has 0 aliphatic carbocycles. The second kappa shape index (κ2) is 7.30. The lowest BCUT2D eigenvalue weighted by Gasteiger charge is -2.06. The summed E-state index contributed by atoms with van der Waals surface area (Å²) in [5.41, 5.74) is 4.46. The van der Waals surface area contributed by atoms with E-state index >= 15 is 0 Å². The number of aromatic nitrogens is 2. The number of hydrogen-bond donors (Lipinski definition) is 1. The zero-order chi connectivity index (χ0) is 17.8. The van der Waals surface area contributed by atoms with Crippen molar-refractivity contribution in [2.75, 3.05) is 0 Å². The molecule has 5 heteroatoms. The summed E-state index contributed by atoms with van der Waals surface area (Å²) in [6.45, 7) is 4.30. The molecule has 0 bridgehead atoms. The smallest absolute Gasteiger partial charge is 0.220 e. The summed E-state index contributed by atoms with van der Waals surface area (Å²) in [4.78, 5) is 28.7. The van der Waals surface area contributed by atoms with Crippen molar-refractivity contribution in [3.05, 3.63) is 71.2 Å². The normalized spacial score (nSPS) is 10.8. The van der Waals surface area contributed by atoms with Crippen LogP contribution in [0, 0.1) is 13.8 Å². The lowest BCUT2D eigenvalue weighted by molar-refractivity contribution is -0.121. The molecule has 1 N–H and O–H groups in total. The fourth-order valence-corrected chi connectivity index (χ4v) is 2.76. The van der Waals surface area contributed by atoms with Gasteiger partial charge in [-0.15, -0.1) is 0 Å². The fourth-order valence-electron chi connectivity index (χ4n) is 2.76. The van der Waals surface area contributed by atoms with E-state index in [4.69, 9.17) is 0 Å². The maximum atomic E-state index is 12.1. The fraction of sp³-hybridized carbons (Fsp3) is 0.250. The predicted molar refractivity (Wildman–Crippen MR) is 96.5 cm³/mol. The van der Waals surface area contributed by atoms with Crippen molar-refractivity contribution in [3.63, 3.8) is 0 Å². The molecule has 2 aromatic heterocycles. The minimum absolute atomic E-state index is 0.0128. The molecule has 0 aliphatic rings. The van der Waals surface area contributed by atoms with Crippen LogP contribution in [0.2, 0.25) is 0 Å². The number of aryl methyl sites for hydroxylation is 2. The van der Waals surface area contributed by atoms with Crippen LogP contribution < -0.4 is 5.32 Å². The average molecular weight is 335 g/mol. The first-order valence-electron chi connectivity index (χ1n) is 8.34. The average Bonchev–Trinajstić information content (AvgIpc) is 2.93. The van der Waals surface area contributed by atoms with Crippen molar-refractivity contribution >= 4 is 17.3 Å². The van der Waals surface area contributed by atoms with Gasteiger partial charge in [0, 0.05) is 24.6 Å². The van der Waals surface area contributed by atoms with Crippen molar-refractivity contribution in [3.8, 4) is 0 Å². The molecule has 1 amide bonds. The molecular formula is C20H21N3O2.